The maximum Gasteiger partial charge on any atom is 0.412 e. The van der Waals surface area contributed by atoms with Crippen molar-refractivity contribution in [1.29, 1.82) is 0 Å². The van der Waals surface area contributed by atoms with Crippen LogP contribution < -0.4 is 4.90 Å². The van der Waals surface area contributed by atoms with E-state index in [-0.39, 0.29) is 6.04 Å². The van der Waals surface area contributed by atoms with Crippen molar-refractivity contribution in [3.63, 3.8) is 0 Å². The van der Waals surface area contributed by atoms with Gasteiger partial charge in [0.05, 0.1) is 5.69 Å². The van der Waals surface area contributed by atoms with Gasteiger partial charge in [-0.15, -0.1) is 0 Å². The fraction of sp³-hybridized carbons (Fsp3) is 0.214. The van der Waals surface area contributed by atoms with Gasteiger partial charge in [0.2, 0.25) is 0 Å². The summed E-state index contributed by atoms with van der Waals surface area (Å²) in [4.78, 5) is 12.7. The third kappa shape index (κ3) is 2.09. The summed E-state index contributed by atoms with van der Waals surface area (Å²) in [6.07, 6.45) is -0.920. The molecule has 3 nitrogen and oxygen atoms in total. The van der Waals surface area contributed by atoms with Crippen LogP contribution in [0.1, 0.15) is 13.8 Å². The van der Waals surface area contributed by atoms with Crippen molar-refractivity contribution in [2.24, 2.45) is 0 Å². The Morgan fingerprint density at radius 1 is 1.12 bits per heavy atom. The minimum Gasteiger partial charge on any atom is -0.465 e. The molecule has 2 aromatic carbocycles. The van der Waals surface area contributed by atoms with Gasteiger partial charge < -0.3 is 5.11 Å². The smallest absolute Gasteiger partial charge is 0.412 e. The van der Waals surface area contributed by atoms with Crippen LogP contribution in [0.5, 0.6) is 0 Å². The van der Waals surface area contributed by atoms with Crippen molar-refractivity contribution in [3.8, 4) is 0 Å². The molecule has 0 aromatic heterocycles. The highest BCUT2D eigenvalue weighted by molar-refractivity contribution is 6.01. The molecule has 2 aromatic rings. The van der Waals surface area contributed by atoms with Crippen molar-refractivity contribution < 1.29 is 9.90 Å². The molecule has 0 radical (unpaired) electrons. The quantitative estimate of drug-likeness (QED) is 0.852. The number of benzene rings is 2. The van der Waals surface area contributed by atoms with Crippen LogP contribution in [0.15, 0.2) is 42.5 Å². The van der Waals surface area contributed by atoms with E-state index in [4.69, 9.17) is 0 Å². The highest BCUT2D eigenvalue weighted by atomic mass is 16.4. The van der Waals surface area contributed by atoms with E-state index >= 15 is 0 Å². The molecule has 1 amide bonds. The number of fused-ring (bicyclic) bond motifs is 1. The van der Waals surface area contributed by atoms with Gasteiger partial charge in [-0.2, -0.15) is 0 Å². The zero-order valence-corrected chi connectivity index (χ0v) is 9.92. The van der Waals surface area contributed by atoms with Gasteiger partial charge in [0.1, 0.15) is 0 Å². The molecule has 17 heavy (non-hydrogen) atoms. The lowest BCUT2D eigenvalue weighted by Crippen LogP contribution is -2.35. The molecule has 0 unspecified atom stereocenters. The largest absolute Gasteiger partial charge is 0.465 e. The molecule has 0 heterocycles. The first-order chi connectivity index (χ1) is 8.11. The van der Waals surface area contributed by atoms with Gasteiger partial charge in [-0.25, -0.2) is 4.79 Å². The van der Waals surface area contributed by atoms with Gasteiger partial charge in [0, 0.05) is 11.4 Å². The first kappa shape index (κ1) is 11.5. The van der Waals surface area contributed by atoms with Gasteiger partial charge in [0.15, 0.2) is 0 Å². The SMILES string of the molecule is CC(C)N(C(=O)O)c1cccc2ccccc12. The van der Waals surface area contributed by atoms with E-state index < -0.39 is 6.09 Å². The number of hydrogen-bond acceptors (Lipinski definition) is 1. The van der Waals surface area contributed by atoms with Gasteiger partial charge in [0.25, 0.3) is 0 Å². The third-order valence-corrected chi connectivity index (χ3v) is 2.75. The van der Waals surface area contributed by atoms with E-state index in [9.17, 15) is 9.90 Å². The molecular weight excluding hydrogens is 214 g/mol. The Morgan fingerprint density at radius 3 is 2.41 bits per heavy atom. The van der Waals surface area contributed by atoms with Crippen molar-refractivity contribution in [1.82, 2.24) is 0 Å². The molecule has 0 aliphatic carbocycles. The van der Waals surface area contributed by atoms with Gasteiger partial charge >= 0.3 is 6.09 Å². The predicted octanol–water partition coefficient (Wildman–Crippen LogP) is 3.73. The molecule has 0 spiro atoms. The van der Waals surface area contributed by atoms with Crippen molar-refractivity contribution in [3.05, 3.63) is 42.5 Å². The van der Waals surface area contributed by atoms with E-state index in [1.807, 2.05) is 56.3 Å². The topological polar surface area (TPSA) is 40.5 Å². The Bertz CT molecular complexity index is 543. The first-order valence-corrected chi connectivity index (χ1v) is 5.61. The van der Waals surface area contributed by atoms with Gasteiger partial charge in [-0.05, 0) is 25.3 Å². The first-order valence-electron chi connectivity index (χ1n) is 5.61. The lowest BCUT2D eigenvalue weighted by atomic mass is 10.1. The minimum absolute atomic E-state index is 0.0849. The van der Waals surface area contributed by atoms with Crippen LogP contribution in [0.25, 0.3) is 10.8 Å². The molecule has 3 heteroatoms. The second-order valence-electron chi connectivity index (χ2n) is 4.24. The van der Waals surface area contributed by atoms with E-state index in [0.29, 0.717) is 0 Å². The maximum atomic E-state index is 11.3. The van der Waals surface area contributed by atoms with Crippen LogP contribution in [0, 0.1) is 0 Å². The van der Waals surface area contributed by atoms with Crippen molar-refractivity contribution in [2.45, 2.75) is 19.9 Å². The molecule has 1 N–H and O–H groups in total. The summed E-state index contributed by atoms with van der Waals surface area (Å²) < 4.78 is 0. The third-order valence-electron chi connectivity index (χ3n) is 2.75. The fourth-order valence-corrected chi connectivity index (χ4v) is 2.02. The number of hydrogen-bond donors (Lipinski definition) is 1. The molecular formula is C14H15NO2. The van der Waals surface area contributed by atoms with Crippen LogP contribution >= 0.6 is 0 Å². The van der Waals surface area contributed by atoms with Gasteiger partial charge in [-0.1, -0.05) is 36.4 Å². The van der Waals surface area contributed by atoms with Crippen molar-refractivity contribution in [2.75, 3.05) is 4.90 Å². The summed E-state index contributed by atoms with van der Waals surface area (Å²) >= 11 is 0. The number of nitrogens with zero attached hydrogens (tertiary/aromatic N) is 1. The number of anilines is 1. The van der Waals surface area contributed by atoms with E-state index in [0.717, 1.165) is 16.5 Å². The Morgan fingerprint density at radius 2 is 1.76 bits per heavy atom. The second kappa shape index (κ2) is 4.45. The average molecular weight is 229 g/mol. The van der Waals surface area contributed by atoms with Crippen molar-refractivity contribution >= 4 is 22.6 Å². The molecule has 2 rings (SSSR count). The summed E-state index contributed by atoms with van der Waals surface area (Å²) in [5.41, 5.74) is 0.741. The molecule has 0 fully saturated rings. The number of carboxylic acid groups (broad SMARTS) is 1. The Kier molecular flexibility index (Phi) is 3.00. The van der Waals surface area contributed by atoms with Crippen LogP contribution in [0.4, 0.5) is 10.5 Å². The monoisotopic (exact) mass is 229 g/mol. The molecule has 0 aliphatic heterocycles. The van der Waals surface area contributed by atoms with Crippen LogP contribution in [0.3, 0.4) is 0 Å². The molecule has 0 aliphatic rings. The van der Waals surface area contributed by atoms with Crippen LogP contribution in [-0.2, 0) is 0 Å². The zero-order valence-electron chi connectivity index (χ0n) is 9.92. The summed E-state index contributed by atoms with van der Waals surface area (Å²) in [5.74, 6) is 0. The van der Waals surface area contributed by atoms with Crippen LogP contribution in [-0.4, -0.2) is 17.2 Å². The molecule has 0 bridgehead atoms. The second-order valence-corrected chi connectivity index (χ2v) is 4.24. The lowest BCUT2D eigenvalue weighted by molar-refractivity contribution is 0.200. The number of amides is 1. The highest BCUT2D eigenvalue weighted by Crippen LogP contribution is 2.28. The number of carbonyl (C=O) groups is 1. The Labute approximate surface area is 100 Å². The van der Waals surface area contributed by atoms with Crippen LogP contribution in [0.2, 0.25) is 0 Å². The molecule has 0 saturated carbocycles. The normalized spacial score (nSPS) is 10.8. The minimum atomic E-state index is -0.920. The summed E-state index contributed by atoms with van der Waals surface area (Å²) in [5, 5.41) is 11.3. The Balaban J connectivity index is 2.65. The summed E-state index contributed by atoms with van der Waals surface area (Å²) in [6.45, 7) is 3.74. The van der Waals surface area contributed by atoms with E-state index in [1.54, 1.807) is 0 Å². The zero-order chi connectivity index (χ0) is 12.4. The Hall–Kier alpha value is -2.03. The summed E-state index contributed by atoms with van der Waals surface area (Å²) in [6, 6.07) is 13.4. The van der Waals surface area contributed by atoms with Gasteiger partial charge in [-0.3, -0.25) is 4.90 Å². The fourth-order valence-electron chi connectivity index (χ4n) is 2.02. The lowest BCUT2D eigenvalue weighted by Gasteiger charge is -2.24. The predicted molar refractivity (Wildman–Crippen MR) is 69.6 cm³/mol. The standard InChI is InChI=1S/C14H15NO2/c1-10(2)15(14(16)17)13-9-5-7-11-6-3-4-8-12(11)13/h3-10H,1-2H3,(H,16,17). The maximum absolute atomic E-state index is 11.3. The van der Waals surface area contributed by atoms with E-state index in [2.05, 4.69) is 0 Å². The molecule has 0 atom stereocenters. The number of rotatable bonds is 2. The highest BCUT2D eigenvalue weighted by Gasteiger charge is 2.19. The average Bonchev–Trinajstić information content (AvgIpc) is 2.28. The van der Waals surface area contributed by atoms with E-state index in [1.165, 1.54) is 4.90 Å². The molecule has 88 valence electrons. The summed E-state index contributed by atoms with van der Waals surface area (Å²) in [7, 11) is 0. The molecule has 0 saturated heterocycles.